The number of nitrogens with zero attached hydrogens (tertiary/aromatic N) is 1. The van der Waals surface area contributed by atoms with Crippen molar-refractivity contribution in [1.29, 1.82) is 0 Å². The van der Waals surface area contributed by atoms with E-state index < -0.39 is 10.0 Å². The summed E-state index contributed by atoms with van der Waals surface area (Å²) >= 11 is 0. The predicted molar refractivity (Wildman–Crippen MR) is 53.0 cm³/mol. The fourth-order valence-electron chi connectivity index (χ4n) is 1.13. The summed E-state index contributed by atoms with van der Waals surface area (Å²) in [5, 5.41) is 8.56. The van der Waals surface area contributed by atoms with Crippen LogP contribution in [0.15, 0.2) is 0 Å². The van der Waals surface area contributed by atoms with Gasteiger partial charge in [0.1, 0.15) is 0 Å². The lowest BCUT2D eigenvalue weighted by Crippen LogP contribution is -2.37. The van der Waals surface area contributed by atoms with Gasteiger partial charge in [0, 0.05) is 13.1 Å². The Bertz CT molecular complexity index is 226. The van der Waals surface area contributed by atoms with Crippen molar-refractivity contribution in [1.82, 2.24) is 4.31 Å². The van der Waals surface area contributed by atoms with Crippen molar-refractivity contribution in [2.75, 3.05) is 19.4 Å². The molecule has 0 heterocycles. The second-order valence-electron chi connectivity index (χ2n) is 3.19. The standard InChI is InChI=1S/C8H19NO3S/c1-4-5-8(2)9(3)13(11,12)7-6-10/h8,10H,4-7H2,1-3H3. The van der Waals surface area contributed by atoms with Crippen LogP contribution in [0.25, 0.3) is 0 Å². The Labute approximate surface area is 80.6 Å². The first-order chi connectivity index (χ1) is 5.95. The van der Waals surface area contributed by atoms with E-state index in [0.717, 1.165) is 12.8 Å². The first kappa shape index (κ1) is 12.9. The molecule has 0 saturated heterocycles. The van der Waals surface area contributed by atoms with E-state index in [1.54, 1.807) is 7.05 Å². The highest BCUT2D eigenvalue weighted by Gasteiger charge is 2.21. The van der Waals surface area contributed by atoms with Gasteiger partial charge in [0.05, 0.1) is 12.4 Å². The summed E-state index contributed by atoms with van der Waals surface area (Å²) in [4.78, 5) is 0. The number of aliphatic hydroxyl groups excluding tert-OH is 1. The van der Waals surface area contributed by atoms with Gasteiger partial charge in [-0.25, -0.2) is 12.7 Å². The Morgan fingerprint density at radius 1 is 1.46 bits per heavy atom. The number of hydrogen-bond acceptors (Lipinski definition) is 3. The molecule has 0 aromatic carbocycles. The minimum absolute atomic E-state index is 0.0153. The Kier molecular flexibility index (Phi) is 5.51. The molecular formula is C8H19NO3S. The second-order valence-corrected chi connectivity index (χ2v) is 5.34. The van der Waals surface area contributed by atoms with Crippen LogP contribution in [0, 0.1) is 0 Å². The van der Waals surface area contributed by atoms with Crippen molar-refractivity contribution >= 4 is 10.0 Å². The van der Waals surface area contributed by atoms with Crippen molar-refractivity contribution < 1.29 is 13.5 Å². The quantitative estimate of drug-likeness (QED) is 0.690. The normalized spacial score (nSPS) is 14.8. The van der Waals surface area contributed by atoms with E-state index in [4.69, 9.17) is 5.11 Å². The van der Waals surface area contributed by atoms with Gasteiger partial charge in [-0.1, -0.05) is 13.3 Å². The monoisotopic (exact) mass is 209 g/mol. The third kappa shape index (κ3) is 4.06. The molecule has 4 nitrogen and oxygen atoms in total. The molecule has 0 spiro atoms. The van der Waals surface area contributed by atoms with E-state index in [-0.39, 0.29) is 18.4 Å². The third-order valence-corrected chi connectivity index (χ3v) is 4.05. The number of aliphatic hydroxyl groups is 1. The summed E-state index contributed by atoms with van der Waals surface area (Å²) in [6, 6.07) is 0.0153. The van der Waals surface area contributed by atoms with Gasteiger partial charge in [0.2, 0.25) is 10.0 Å². The minimum Gasteiger partial charge on any atom is -0.395 e. The van der Waals surface area contributed by atoms with Crippen LogP contribution in [-0.2, 0) is 10.0 Å². The van der Waals surface area contributed by atoms with Crippen molar-refractivity contribution in [3.05, 3.63) is 0 Å². The zero-order chi connectivity index (χ0) is 10.5. The maximum Gasteiger partial charge on any atom is 0.216 e. The van der Waals surface area contributed by atoms with Crippen LogP contribution in [0.3, 0.4) is 0 Å². The van der Waals surface area contributed by atoms with E-state index in [9.17, 15) is 8.42 Å². The smallest absolute Gasteiger partial charge is 0.216 e. The van der Waals surface area contributed by atoms with E-state index in [2.05, 4.69) is 0 Å². The van der Waals surface area contributed by atoms with Gasteiger partial charge in [0.15, 0.2) is 0 Å². The summed E-state index contributed by atoms with van der Waals surface area (Å²) < 4.78 is 24.2. The number of sulfonamides is 1. The molecule has 0 fully saturated rings. The highest BCUT2D eigenvalue weighted by molar-refractivity contribution is 7.89. The van der Waals surface area contributed by atoms with Gasteiger partial charge in [-0.15, -0.1) is 0 Å². The van der Waals surface area contributed by atoms with Crippen LogP contribution in [0.1, 0.15) is 26.7 Å². The van der Waals surface area contributed by atoms with E-state index in [0.29, 0.717) is 0 Å². The molecule has 0 aromatic rings. The fourth-order valence-corrected chi connectivity index (χ4v) is 2.31. The van der Waals surface area contributed by atoms with Gasteiger partial charge in [-0.2, -0.15) is 0 Å². The molecule has 0 bridgehead atoms. The average Bonchev–Trinajstić information content (AvgIpc) is 2.03. The van der Waals surface area contributed by atoms with E-state index in [1.807, 2.05) is 13.8 Å². The van der Waals surface area contributed by atoms with Crippen LogP contribution in [0.5, 0.6) is 0 Å². The molecule has 1 N–H and O–H groups in total. The van der Waals surface area contributed by atoms with Crippen LogP contribution < -0.4 is 0 Å². The Hall–Kier alpha value is -0.130. The molecule has 0 radical (unpaired) electrons. The summed E-state index contributed by atoms with van der Waals surface area (Å²) in [6.45, 7) is 3.58. The average molecular weight is 209 g/mol. The molecule has 1 unspecified atom stereocenters. The maximum atomic E-state index is 11.4. The summed E-state index contributed by atoms with van der Waals surface area (Å²) in [6.07, 6.45) is 1.81. The number of hydrogen-bond donors (Lipinski definition) is 1. The third-order valence-electron chi connectivity index (χ3n) is 2.12. The van der Waals surface area contributed by atoms with Gasteiger partial charge in [-0.3, -0.25) is 0 Å². The van der Waals surface area contributed by atoms with Crippen molar-refractivity contribution in [3.63, 3.8) is 0 Å². The molecule has 0 aliphatic carbocycles. The van der Waals surface area contributed by atoms with Crippen molar-refractivity contribution in [3.8, 4) is 0 Å². The van der Waals surface area contributed by atoms with Crippen LogP contribution in [0.2, 0.25) is 0 Å². The lowest BCUT2D eigenvalue weighted by molar-refractivity contribution is 0.310. The van der Waals surface area contributed by atoms with Gasteiger partial charge >= 0.3 is 0 Å². The lowest BCUT2D eigenvalue weighted by atomic mass is 10.2. The van der Waals surface area contributed by atoms with Gasteiger partial charge in [-0.05, 0) is 13.3 Å². The molecule has 13 heavy (non-hydrogen) atoms. The predicted octanol–water partition coefficient (Wildman–Crippen LogP) is 0.429. The Balaban J connectivity index is 4.31. The zero-order valence-electron chi connectivity index (χ0n) is 8.52. The van der Waals surface area contributed by atoms with Gasteiger partial charge in [0.25, 0.3) is 0 Å². The van der Waals surface area contributed by atoms with Crippen LogP contribution in [0.4, 0.5) is 0 Å². The largest absolute Gasteiger partial charge is 0.395 e. The molecule has 0 aliphatic rings. The summed E-state index contributed by atoms with van der Waals surface area (Å²) in [5.74, 6) is -0.183. The Morgan fingerprint density at radius 2 is 2.00 bits per heavy atom. The molecule has 0 aliphatic heterocycles. The lowest BCUT2D eigenvalue weighted by Gasteiger charge is -2.23. The molecular weight excluding hydrogens is 190 g/mol. The fraction of sp³-hybridized carbons (Fsp3) is 1.00. The zero-order valence-corrected chi connectivity index (χ0v) is 9.34. The van der Waals surface area contributed by atoms with E-state index >= 15 is 0 Å². The molecule has 0 saturated carbocycles. The molecule has 80 valence electrons. The van der Waals surface area contributed by atoms with Crippen molar-refractivity contribution in [2.24, 2.45) is 0 Å². The second kappa shape index (κ2) is 5.57. The highest BCUT2D eigenvalue weighted by atomic mass is 32.2. The number of rotatable bonds is 6. The van der Waals surface area contributed by atoms with E-state index in [1.165, 1.54) is 4.31 Å². The van der Waals surface area contributed by atoms with Crippen LogP contribution >= 0.6 is 0 Å². The minimum atomic E-state index is -3.25. The molecule has 0 aromatic heterocycles. The molecule has 0 rings (SSSR count). The van der Waals surface area contributed by atoms with Gasteiger partial charge < -0.3 is 5.11 Å². The summed E-state index contributed by atoms with van der Waals surface area (Å²) in [5.41, 5.74) is 0. The first-order valence-electron chi connectivity index (χ1n) is 4.52. The SMILES string of the molecule is CCCC(C)N(C)S(=O)(=O)CCO. The topological polar surface area (TPSA) is 57.6 Å². The maximum absolute atomic E-state index is 11.4. The molecule has 0 amide bonds. The first-order valence-corrected chi connectivity index (χ1v) is 6.13. The molecule has 1 atom stereocenters. The van der Waals surface area contributed by atoms with Crippen molar-refractivity contribution in [2.45, 2.75) is 32.7 Å². The molecule has 5 heteroatoms. The Morgan fingerprint density at radius 3 is 2.38 bits per heavy atom. The highest BCUT2D eigenvalue weighted by Crippen LogP contribution is 2.09. The summed E-state index contributed by atoms with van der Waals surface area (Å²) in [7, 11) is -1.69. The van der Waals surface area contributed by atoms with Crippen LogP contribution in [-0.4, -0.2) is 43.3 Å².